The Morgan fingerprint density at radius 3 is 3.25 bits per heavy atom. The maximum atomic E-state index is 11.8. The van der Waals surface area contributed by atoms with Crippen molar-refractivity contribution in [3.05, 3.63) is 35.5 Å². The smallest absolute Gasteiger partial charge is 0.312 e. The van der Waals surface area contributed by atoms with Crippen LogP contribution in [0.1, 0.15) is 5.69 Å². The Kier molecular flexibility index (Phi) is 4.00. The molecule has 1 aliphatic rings. The zero-order chi connectivity index (χ0) is 13.8. The van der Waals surface area contributed by atoms with Crippen LogP contribution in [-0.4, -0.2) is 35.2 Å². The van der Waals surface area contributed by atoms with Gasteiger partial charge in [-0.2, -0.15) is 5.48 Å². The fraction of sp³-hybridized carbons (Fsp3) is 0.308. The standard InChI is InChI=1S/C13H13N3O3S/c17-12(19-10-6-15-18-7-10)5-9-8-20-13(16-9)11-3-1-2-4-14-11/h1-4,8,10,15H,5-7H2/t10-/m0/s1. The fourth-order valence-corrected chi connectivity index (χ4v) is 2.60. The Labute approximate surface area is 119 Å². The molecule has 0 aromatic carbocycles. The average Bonchev–Trinajstić information content (AvgIpc) is 3.11. The second-order valence-corrected chi connectivity index (χ2v) is 5.17. The van der Waals surface area contributed by atoms with Gasteiger partial charge in [0.1, 0.15) is 17.7 Å². The van der Waals surface area contributed by atoms with Crippen LogP contribution in [0.5, 0.6) is 0 Å². The predicted octanol–water partition coefficient (Wildman–Crippen LogP) is 1.19. The van der Waals surface area contributed by atoms with E-state index in [0.29, 0.717) is 18.8 Å². The summed E-state index contributed by atoms with van der Waals surface area (Å²) in [5.41, 5.74) is 4.18. The molecule has 2 aromatic heterocycles. The normalized spacial score (nSPS) is 18.1. The van der Waals surface area contributed by atoms with Crippen LogP contribution >= 0.6 is 11.3 Å². The van der Waals surface area contributed by atoms with E-state index in [0.717, 1.165) is 10.7 Å². The summed E-state index contributed by atoms with van der Waals surface area (Å²) in [6.07, 6.45) is 1.67. The van der Waals surface area contributed by atoms with E-state index in [1.807, 2.05) is 23.6 Å². The number of rotatable bonds is 4. The number of pyridine rings is 1. The number of ether oxygens (including phenoxy) is 1. The zero-order valence-electron chi connectivity index (χ0n) is 10.6. The summed E-state index contributed by atoms with van der Waals surface area (Å²) < 4.78 is 5.25. The third-order valence-corrected chi connectivity index (χ3v) is 3.66. The van der Waals surface area contributed by atoms with Crippen LogP contribution in [0.2, 0.25) is 0 Å². The van der Waals surface area contributed by atoms with Gasteiger partial charge in [0.25, 0.3) is 0 Å². The first-order chi connectivity index (χ1) is 9.81. The van der Waals surface area contributed by atoms with Gasteiger partial charge in [-0.05, 0) is 12.1 Å². The quantitative estimate of drug-likeness (QED) is 0.853. The molecule has 0 amide bonds. The monoisotopic (exact) mass is 291 g/mol. The van der Waals surface area contributed by atoms with Crippen LogP contribution in [0.3, 0.4) is 0 Å². The maximum Gasteiger partial charge on any atom is 0.312 e. The van der Waals surface area contributed by atoms with Crippen LogP contribution in [0.25, 0.3) is 10.7 Å². The van der Waals surface area contributed by atoms with Gasteiger partial charge in [0.15, 0.2) is 0 Å². The first-order valence-electron chi connectivity index (χ1n) is 6.21. The fourth-order valence-electron chi connectivity index (χ4n) is 1.81. The molecule has 0 saturated carbocycles. The molecule has 3 rings (SSSR count). The minimum absolute atomic E-state index is 0.167. The molecule has 0 spiro atoms. The number of carbonyl (C=O) groups excluding carboxylic acids is 1. The van der Waals surface area contributed by atoms with Gasteiger partial charge in [-0.25, -0.2) is 4.98 Å². The number of hydrogen-bond acceptors (Lipinski definition) is 7. The molecule has 3 heterocycles. The molecule has 1 fully saturated rings. The SMILES string of the molecule is O=C(Cc1csc(-c2ccccn2)n1)O[C@H]1CNOC1. The molecular formula is C13H13N3O3S. The highest BCUT2D eigenvalue weighted by Crippen LogP contribution is 2.21. The molecule has 6 nitrogen and oxygen atoms in total. The number of thiazole rings is 1. The lowest BCUT2D eigenvalue weighted by molar-refractivity contribution is -0.147. The van der Waals surface area contributed by atoms with Crippen molar-refractivity contribution in [3.8, 4) is 10.7 Å². The summed E-state index contributed by atoms with van der Waals surface area (Å²) >= 11 is 1.47. The van der Waals surface area contributed by atoms with Crippen molar-refractivity contribution < 1.29 is 14.4 Å². The molecule has 1 aliphatic heterocycles. The van der Waals surface area contributed by atoms with Crippen LogP contribution in [-0.2, 0) is 20.8 Å². The molecule has 1 N–H and O–H groups in total. The van der Waals surface area contributed by atoms with Crippen molar-refractivity contribution >= 4 is 17.3 Å². The Bertz CT molecular complexity index is 582. The highest BCUT2D eigenvalue weighted by Gasteiger charge is 2.20. The minimum Gasteiger partial charge on any atom is -0.458 e. The van der Waals surface area contributed by atoms with Crippen LogP contribution in [0, 0.1) is 0 Å². The van der Waals surface area contributed by atoms with Gasteiger partial charge >= 0.3 is 5.97 Å². The van der Waals surface area contributed by atoms with Crippen molar-refractivity contribution in [3.63, 3.8) is 0 Å². The molecule has 7 heteroatoms. The molecule has 1 atom stereocenters. The van der Waals surface area contributed by atoms with Gasteiger partial charge in [-0.3, -0.25) is 14.6 Å². The van der Waals surface area contributed by atoms with Gasteiger partial charge < -0.3 is 4.74 Å². The van der Waals surface area contributed by atoms with E-state index in [1.165, 1.54) is 11.3 Å². The lowest BCUT2D eigenvalue weighted by Crippen LogP contribution is -2.23. The number of hydrogen-bond donors (Lipinski definition) is 1. The molecule has 0 unspecified atom stereocenters. The Balaban J connectivity index is 1.61. The Hall–Kier alpha value is -1.83. The van der Waals surface area contributed by atoms with Crippen LogP contribution < -0.4 is 5.48 Å². The summed E-state index contributed by atoms with van der Waals surface area (Å²) in [5, 5.41) is 2.66. The van der Waals surface area contributed by atoms with E-state index in [2.05, 4.69) is 15.4 Å². The highest BCUT2D eigenvalue weighted by molar-refractivity contribution is 7.13. The lowest BCUT2D eigenvalue weighted by Gasteiger charge is -2.07. The first kappa shape index (κ1) is 13.2. The highest BCUT2D eigenvalue weighted by atomic mass is 32.1. The van der Waals surface area contributed by atoms with Gasteiger partial charge in [-0.1, -0.05) is 6.07 Å². The number of nitrogens with one attached hydrogen (secondary N) is 1. The van der Waals surface area contributed by atoms with Crippen LogP contribution in [0.15, 0.2) is 29.8 Å². The number of nitrogens with zero attached hydrogens (tertiary/aromatic N) is 2. The molecule has 0 radical (unpaired) electrons. The van der Waals surface area contributed by atoms with Gasteiger partial charge in [0, 0.05) is 11.6 Å². The molecular weight excluding hydrogens is 278 g/mol. The van der Waals surface area contributed by atoms with E-state index in [1.54, 1.807) is 6.20 Å². The van der Waals surface area contributed by atoms with Crippen molar-refractivity contribution in [2.75, 3.05) is 13.2 Å². The third-order valence-electron chi connectivity index (χ3n) is 2.74. The number of aromatic nitrogens is 2. The minimum atomic E-state index is -0.292. The number of esters is 1. The summed E-state index contributed by atoms with van der Waals surface area (Å²) in [4.78, 5) is 25.3. The molecule has 0 aliphatic carbocycles. The van der Waals surface area contributed by atoms with Gasteiger partial charge in [-0.15, -0.1) is 11.3 Å². The Morgan fingerprint density at radius 1 is 1.55 bits per heavy atom. The van der Waals surface area contributed by atoms with E-state index >= 15 is 0 Å². The molecule has 20 heavy (non-hydrogen) atoms. The zero-order valence-corrected chi connectivity index (χ0v) is 11.4. The van der Waals surface area contributed by atoms with Crippen LogP contribution in [0.4, 0.5) is 0 Å². The predicted molar refractivity (Wildman–Crippen MR) is 72.9 cm³/mol. The van der Waals surface area contributed by atoms with Gasteiger partial charge in [0.05, 0.1) is 24.4 Å². The number of hydroxylamine groups is 1. The van der Waals surface area contributed by atoms with E-state index in [-0.39, 0.29) is 18.5 Å². The van der Waals surface area contributed by atoms with Crippen molar-refractivity contribution in [1.29, 1.82) is 0 Å². The molecule has 2 aromatic rings. The summed E-state index contributed by atoms with van der Waals surface area (Å²) in [6, 6.07) is 5.65. The second-order valence-electron chi connectivity index (χ2n) is 4.31. The van der Waals surface area contributed by atoms with Crippen molar-refractivity contribution in [2.45, 2.75) is 12.5 Å². The molecule has 1 saturated heterocycles. The Morgan fingerprint density at radius 2 is 2.50 bits per heavy atom. The van der Waals surface area contributed by atoms with Crippen molar-refractivity contribution in [1.82, 2.24) is 15.4 Å². The lowest BCUT2D eigenvalue weighted by atomic mass is 10.3. The number of carbonyl (C=O) groups is 1. The maximum absolute atomic E-state index is 11.8. The molecule has 0 bridgehead atoms. The average molecular weight is 291 g/mol. The summed E-state index contributed by atoms with van der Waals surface area (Å²) in [7, 11) is 0. The first-order valence-corrected chi connectivity index (χ1v) is 7.09. The summed E-state index contributed by atoms with van der Waals surface area (Å²) in [5.74, 6) is -0.292. The molecule has 104 valence electrons. The van der Waals surface area contributed by atoms with E-state index in [9.17, 15) is 4.79 Å². The third kappa shape index (κ3) is 3.19. The largest absolute Gasteiger partial charge is 0.458 e. The van der Waals surface area contributed by atoms with Crippen molar-refractivity contribution in [2.24, 2.45) is 0 Å². The summed E-state index contributed by atoms with van der Waals surface area (Å²) in [6.45, 7) is 0.921. The van der Waals surface area contributed by atoms with E-state index in [4.69, 9.17) is 9.57 Å². The topological polar surface area (TPSA) is 73.3 Å². The van der Waals surface area contributed by atoms with E-state index < -0.39 is 0 Å². The van der Waals surface area contributed by atoms with Gasteiger partial charge in [0.2, 0.25) is 0 Å². The second kappa shape index (κ2) is 6.08.